The van der Waals surface area contributed by atoms with E-state index in [4.69, 9.17) is 9.84 Å². The van der Waals surface area contributed by atoms with Gasteiger partial charge in [0.2, 0.25) is 10.0 Å². The van der Waals surface area contributed by atoms with Crippen molar-refractivity contribution in [2.75, 3.05) is 26.2 Å². The van der Waals surface area contributed by atoms with Crippen LogP contribution in [0, 0.1) is 11.3 Å². The number of rotatable bonds is 7. The van der Waals surface area contributed by atoms with Gasteiger partial charge in [0.1, 0.15) is 11.6 Å². The molecule has 44 heavy (non-hydrogen) atoms. The third-order valence-electron chi connectivity index (χ3n) is 8.38. The molecule has 226 valence electrons. The zero-order valence-electron chi connectivity index (χ0n) is 24.5. The van der Waals surface area contributed by atoms with Gasteiger partial charge in [-0.1, -0.05) is 36.8 Å². The van der Waals surface area contributed by atoms with E-state index >= 15 is 0 Å². The molecule has 0 saturated carbocycles. The number of aromatic nitrogens is 2. The van der Waals surface area contributed by atoms with Gasteiger partial charge < -0.3 is 4.74 Å². The number of hydrogen-bond donors (Lipinski definition) is 0. The zero-order chi connectivity index (χ0) is 30.8. The van der Waals surface area contributed by atoms with Crippen molar-refractivity contribution >= 4 is 27.9 Å². The number of sulfonamides is 1. The standard InChI is InChI=1S/C33H33N5O5S/c1-23-29(32(39)37(33(40)30(23)20-34)22-27-11-8-18-43-27)19-25-21-38(26-9-4-2-5-10-26)35-31(25)24-12-14-28(15-13-24)44(41,42)36-16-6-3-7-17-36/h2,4-5,9-10,12-15,19,21,27H,3,6-8,11,16-18,22H2,1H3/b29-19+. The number of piperidine rings is 1. The van der Waals surface area contributed by atoms with E-state index in [1.54, 1.807) is 48.1 Å². The van der Waals surface area contributed by atoms with Crippen LogP contribution >= 0.6 is 0 Å². The smallest absolute Gasteiger partial charge is 0.271 e. The van der Waals surface area contributed by atoms with Gasteiger partial charge in [-0.2, -0.15) is 14.7 Å². The van der Waals surface area contributed by atoms with Crippen molar-refractivity contribution < 1.29 is 22.7 Å². The summed E-state index contributed by atoms with van der Waals surface area (Å²) in [6.45, 7) is 3.29. The van der Waals surface area contributed by atoms with Gasteiger partial charge in [0.15, 0.2) is 0 Å². The number of benzene rings is 2. The number of carbonyl (C=O) groups excluding carboxylic acids is 2. The highest BCUT2D eigenvalue weighted by Crippen LogP contribution is 2.32. The van der Waals surface area contributed by atoms with Crippen molar-refractivity contribution in [1.29, 1.82) is 5.26 Å². The predicted molar refractivity (Wildman–Crippen MR) is 164 cm³/mol. The Morgan fingerprint density at radius 3 is 2.39 bits per heavy atom. The third kappa shape index (κ3) is 5.64. The molecule has 3 aliphatic heterocycles. The van der Waals surface area contributed by atoms with Gasteiger partial charge in [-0.15, -0.1) is 0 Å². The van der Waals surface area contributed by atoms with Gasteiger partial charge in [-0.05, 0) is 68.5 Å². The SMILES string of the molecule is CC1=C(C#N)C(=O)N(CC2CCCO2)C(=O)/C1=C/c1cn(-c2ccccc2)nc1-c1ccc(S(=O)(=O)N2CCCCC2)cc1. The maximum Gasteiger partial charge on any atom is 0.271 e. The minimum absolute atomic E-state index is 0.0799. The Kier molecular flexibility index (Phi) is 8.31. The molecule has 0 aliphatic carbocycles. The monoisotopic (exact) mass is 611 g/mol. The first-order chi connectivity index (χ1) is 21.3. The van der Waals surface area contributed by atoms with Gasteiger partial charge in [0.25, 0.3) is 11.8 Å². The summed E-state index contributed by atoms with van der Waals surface area (Å²) in [6.07, 6.45) is 7.49. The molecule has 0 radical (unpaired) electrons. The number of carbonyl (C=O) groups is 2. The summed E-state index contributed by atoms with van der Waals surface area (Å²) in [4.78, 5) is 28.2. The van der Waals surface area contributed by atoms with Gasteiger partial charge in [-0.3, -0.25) is 14.5 Å². The van der Waals surface area contributed by atoms with Crippen molar-refractivity contribution in [2.45, 2.75) is 50.0 Å². The van der Waals surface area contributed by atoms with E-state index in [0.29, 0.717) is 42.1 Å². The number of nitriles is 1. The Labute approximate surface area is 256 Å². The molecule has 4 heterocycles. The van der Waals surface area contributed by atoms with E-state index in [-0.39, 0.29) is 28.7 Å². The van der Waals surface area contributed by atoms with Crippen LogP contribution in [0.2, 0.25) is 0 Å². The van der Waals surface area contributed by atoms with Gasteiger partial charge in [0.05, 0.1) is 28.9 Å². The molecule has 0 N–H and O–H groups in total. The van der Waals surface area contributed by atoms with Gasteiger partial charge in [-0.25, -0.2) is 13.1 Å². The third-order valence-corrected chi connectivity index (χ3v) is 10.3. The summed E-state index contributed by atoms with van der Waals surface area (Å²) < 4.78 is 35.4. The Morgan fingerprint density at radius 2 is 1.73 bits per heavy atom. The van der Waals surface area contributed by atoms with Crippen LogP contribution < -0.4 is 0 Å². The number of nitrogens with zero attached hydrogens (tertiary/aromatic N) is 5. The number of imide groups is 1. The van der Waals surface area contributed by atoms with Gasteiger partial charge in [0, 0.05) is 42.6 Å². The van der Waals surface area contributed by atoms with E-state index in [1.165, 1.54) is 4.31 Å². The molecule has 3 aromatic rings. The van der Waals surface area contributed by atoms with Crippen LogP contribution in [0.1, 0.15) is 44.6 Å². The number of para-hydroxylation sites is 1. The highest BCUT2D eigenvalue weighted by atomic mass is 32.2. The molecule has 2 amide bonds. The average molecular weight is 612 g/mol. The molecule has 6 rings (SSSR count). The molecule has 11 heteroatoms. The lowest BCUT2D eigenvalue weighted by atomic mass is 9.93. The zero-order valence-corrected chi connectivity index (χ0v) is 25.3. The lowest BCUT2D eigenvalue weighted by Crippen LogP contribution is -2.46. The molecule has 3 aliphatic rings. The molecule has 1 unspecified atom stereocenters. The van der Waals surface area contributed by atoms with Crippen molar-refractivity contribution in [3.05, 3.63) is 83.1 Å². The second-order valence-electron chi connectivity index (χ2n) is 11.2. The van der Waals surface area contributed by atoms with E-state index < -0.39 is 21.8 Å². The van der Waals surface area contributed by atoms with Gasteiger partial charge >= 0.3 is 0 Å². The number of hydrogen-bond acceptors (Lipinski definition) is 7. The Morgan fingerprint density at radius 1 is 1.00 bits per heavy atom. The fraction of sp³-hybridized carbons (Fsp3) is 0.333. The van der Waals surface area contributed by atoms with Crippen molar-refractivity contribution in [1.82, 2.24) is 19.0 Å². The van der Waals surface area contributed by atoms with Crippen molar-refractivity contribution in [2.24, 2.45) is 0 Å². The minimum Gasteiger partial charge on any atom is -0.376 e. The lowest BCUT2D eigenvalue weighted by Gasteiger charge is -2.29. The van der Waals surface area contributed by atoms with Crippen LogP contribution in [0.3, 0.4) is 0 Å². The second-order valence-corrected chi connectivity index (χ2v) is 13.2. The van der Waals surface area contributed by atoms with Crippen LogP contribution in [-0.4, -0.2) is 71.6 Å². The fourth-order valence-corrected chi connectivity index (χ4v) is 7.43. The van der Waals surface area contributed by atoms with Crippen LogP contribution in [-0.2, 0) is 24.3 Å². The van der Waals surface area contributed by atoms with Crippen LogP contribution in [0.15, 0.2) is 82.4 Å². The first-order valence-corrected chi connectivity index (χ1v) is 16.3. The molecule has 0 spiro atoms. The van der Waals surface area contributed by atoms with Crippen molar-refractivity contribution in [3.63, 3.8) is 0 Å². The van der Waals surface area contributed by atoms with E-state index in [9.17, 15) is 23.3 Å². The summed E-state index contributed by atoms with van der Waals surface area (Å²) in [7, 11) is -3.61. The molecular weight excluding hydrogens is 578 g/mol. The summed E-state index contributed by atoms with van der Waals surface area (Å²) in [5, 5.41) is 14.7. The average Bonchev–Trinajstić information content (AvgIpc) is 3.73. The summed E-state index contributed by atoms with van der Waals surface area (Å²) in [6, 6.07) is 18.1. The second kappa shape index (κ2) is 12.3. The molecule has 2 saturated heterocycles. The molecule has 1 aromatic heterocycles. The van der Waals surface area contributed by atoms with Crippen LogP contribution in [0.4, 0.5) is 0 Å². The Balaban J connectivity index is 1.42. The summed E-state index contributed by atoms with van der Waals surface area (Å²) >= 11 is 0. The highest BCUT2D eigenvalue weighted by molar-refractivity contribution is 7.89. The summed E-state index contributed by atoms with van der Waals surface area (Å²) in [5.74, 6) is -1.11. The van der Waals surface area contributed by atoms with E-state index in [0.717, 1.165) is 42.7 Å². The highest BCUT2D eigenvalue weighted by Gasteiger charge is 2.37. The topological polar surface area (TPSA) is 126 Å². The Bertz CT molecular complexity index is 1790. The summed E-state index contributed by atoms with van der Waals surface area (Å²) in [5.41, 5.74) is 2.97. The predicted octanol–water partition coefficient (Wildman–Crippen LogP) is 4.49. The van der Waals surface area contributed by atoms with Crippen molar-refractivity contribution in [3.8, 4) is 23.0 Å². The normalized spacial score (nSPS) is 20.9. The first kappa shape index (κ1) is 29.7. The number of ether oxygens (including phenoxy) is 1. The Hall–Kier alpha value is -4.37. The molecular formula is C33H33N5O5S. The minimum atomic E-state index is -3.61. The van der Waals surface area contributed by atoms with Crippen LogP contribution in [0.5, 0.6) is 0 Å². The lowest BCUT2D eigenvalue weighted by molar-refractivity contribution is -0.142. The maximum atomic E-state index is 13.8. The molecule has 0 bridgehead atoms. The molecule has 2 aromatic carbocycles. The largest absolute Gasteiger partial charge is 0.376 e. The van der Waals surface area contributed by atoms with Crippen LogP contribution in [0.25, 0.3) is 23.0 Å². The fourth-order valence-electron chi connectivity index (χ4n) is 5.91. The number of amides is 2. The maximum absolute atomic E-state index is 13.8. The first-order valence-electron chi connectivity index (χ1n) is 14.8. The van der Waals surface area contributed by atoms with E-state index in [1.807, 2.05) is 36.4 Å². The quantitative estimate of drug-likeness (QED) is 0.285. The molecule has 2 fully saturated rings. The van der Waals surface area contributed by atoms with E-state index in [2.05, 4.69) is 0 Å². The molecule has 1 atom stereocenters. The molecule has 10 nitrogen and oxygen atoms in total.